The Morgan fingerprint density at radius 2 is 1.70 bits per heavy atom. The van der Waals surface area contributed by atoms with Crippen molar-refractivity contribution in [3.05, 3.63) is 35.5 Å². The Bertz CT molecular complexity index is 1310. The van der Waals surface area contributed by atoms with Gasteiger partial charge >= 0.3 is 11.9 Å². The van der Waals surface area contributed by atoms with Crippen molar-refractivity contribution in [2.24, 2.45) is 10.8 Å². The maximum Gasteiger partial charge on any atom is 0.308 e. The van der Waals surface area contributed by atoms with Crippen LogP contribution in [0.3, 0.4) is 0 Å². The fraction of sp³-hybridized carbons (Fsp3) is 0.784. The first-order chi connectivity index (χ1) is 23.3. The van der Waals surface area contributed by atoms with Gasteiger partial charge in [-0.05, 0) is 45.6 Å². The SMILES string of the molecule is C/C=C1\CC2/C=C/C(C)(C)C3(O)OC(C/C(=C\C)C3OI)CC(C(C)O)OC(=O)CC(O)CC3CC(OC(C)=O)C(C)(C)C(O)(CC(C1)O2)O3. The minimum Gasteiger partial charge on any atom is -0.462 e. The lowest BCUT2D eigenvalue weighted by molar-refractivity contribution is -0.348. The minimum atomic E-state index is -1.87. The smallest absolute Gasteiger partial charge is 0.308 e. The van der Waals surface area contributed by atoms with E-state index >= 15 is 0 Å². The summed E-state index contributed by atoms with van der Waals surface area (Å²) in [6.45, 7) is 13.9. The number of halogens is 1. The number of cyclic esters (lactones) is 1. The van der Waals surface area contributed by atoms with Crippen LogP contribution in [0.5, 0.6) is 0 Å². The van der Waals surface area contributed by atoms with Gasteiger partial charge in [-0.15, -0.1) is 0 Å². The molecular formula is C37H57IO12. The summed E-state index contributed by atoms with van der Waals surface area (Å²) in [7, 11) is 0. The van der Waals surface area contributed by atoms with Gasteiger partial charge in [-0.25, -0.2) is 0 Å². The molecule has 0 aromatic rings. The zero-order chi connectivity index (χ0) is 37.2. The predicted octanol–water partition coefficient (Wildman–Crippen LogP) is 4.88. The van der Waals surface area contributed by atoms with Crippen LogP contribution in [0.4, 0.5) is 0 Å². The quantitative estimate of drug-likeness (QED) is 0.173. The first kappa shape index (κ1) is 41.3. The molecule has 13 heteroatoms. The lowest BCUT2D eigenvalue weighted by atomic mass is 9.70. The highest BCUT2D eigenvalue weighted by molar-refractivity contribution is 14.1. The number of hydrogen-bond acceptors (Lipinski definition) is 12. The van der Waals surface area contributed by atoms with Crippen LogP contribution in [0.1, 0.15) is 107 Å². The zero-order valence-corrected chi connectivity index (χ0v) is 32.8. The number of ether oxygens (including phenoxy) is 5. The highest BCUT2D eigenvalue weighted by Gasteiger charge is 2.59. The predicted molar refractivity (Wildman–Crippen MR) is 191 cm³/mol. The number of carbonyl (C=O) groups is 2. The van der Waals surface area contributed by atoms with Crippen LogP contribution in [-0.2, 0) is 36.3 Å². The number of esters is 2. The van der Waals surface area contributed by atoms with Crippen LogP contribution in [0.15, 0.2) is 35.5 Å². The number of aliphatic hydroxyl groups is 4. The molecule has 0 saturated carbocycles. The summed E-state index contributed by atoms with van der Waals surface area (Å²) in [5, 5.41) is 46.4. The Labute approximate surface area is 310 Å². The first-order valence-corrected chi connectivity index (χ1v) is 18.6. The van der Waals surface area contributed by atoms with Gasteiger partial charge in [0, 0.05) is 38.0 Å². The van der Waals surface area contributed by atoms with Crippen LogP contribution < -0.4 is 0 Å². The standard InChI is InChI=1S/C37H57IO12/c1-9-23-13-26-11-12-34(5,6)37(44)33(50-38)24(10-2)15-27(49-37)18-30(21(3)39)47-32(42)17-25(41)16-28-19-31(45-22(4)40)35(7,8)36(43,48-28)20-29(14-23)46-26/h9-12,21,25-31,33,39,41,43-44H,13-20H2,1-8H3/b12-11+,23-9+,24-10+. The van der Waals surface area contributed by atoms with Crippen LogP contribution >= 0.6 is 23.0 Å². The second-order valence-electron chi connectivity index (χ2n) is 15.6. The molecule has 12 nitrogen and oxygen atoms in total. The van der Waals surface area contributed by atoms with Crippen molar-refractivity contribution in [1.82, 2.24) is 0 Å². The monoisotopic (exact) mass is 820 g/mol. The summed E-state index contributed by atoms with van der Waals surface area (Å²) in [6, 6.07) is 0. The second-order valence-corrected chi connectivity index (χ2v) is 16.1. The molecule has 11 atom stereocenters. The summed E-state index contributed by atoms with van der Waals surface area (Å²) >= 11 is 1.77. The Balaban J connectivity index is 1.78. The van der Waals surface area contributed by atoms with Crippen molar-refractivity contribution < 1.29 is 56.8 Å². The van der Waals surface area contributed by atoms with Crippen molar-refractivity contribution in [3.8, 4) is 0 Å². The van der Waals surface area contributed by atoms with E-state index < -0.39 is 95.7 Å². The second kappa shape index (κ2) is 16.3. The fourth-order valence-corrected chi connectivity index (χ4v) is 8.39. The maximum absolute atomic E-state index is 13.2. The van der Waals surface area contributed by atoms with Gasteiger partial charge in [0.2, 0.25) is 5.79 Å². The molecule has 6 bridgehead atoms. The highest BCUT2D eigenvalue weighted by atomic mass is 127. The number of hydrogen-bond donors (Lipinski definition) is 4. The van der Waals surface area contributed by atoms with Gasteiger partial charge in [0.15, 0.2) is 5.79 Å². The lowest BCUT2D eigenvalue weighted by Crippen LogP contribution is -2.62. The van der Waals surface area contributed by atoms with E-state index in [0.29, 0.717) is 19.3 Å². The van der Waals surface area contributed by atoms with E-state index in [2.05, 4.69) is 0 Å². The van der Waals surface area contributed by atoms with Gasteiger partial charge in [-0.2, -0.15) is 0 Å². The molecule has 3 saturated heterocycles. The van der Waals surface area contributed by atoms with Gasteiger partial charge in [0.05, 0.1) is 48.5 Å². The fourth-order valence-electron chi connectivity index (χ4n) is 7.72. The van der Waals surface area contributed by atoms with E-state index in [1.54, 1.807) is 36.9 Å². The molecule has 0 spiro atoms. The van der Waals surface area contributed by atoms with Crippen molar-refractivity contribution in [3.63, 3.8) is 0 Å². The van der Waals surface area contributed by atoms with Crippen LogP contribution in [0.25, 0.3) is 0 Å². The zero-order valence-electron chi connectivity index (χ0n) is 30.6. The normalized spacial score (nSPS) is 42.6. The third-order valence-electron chi connectivity index (χ3n) is 11.1. The number of allylic oxidation sites excluding steroid dienone is 2. The molecule has 4 aliphatic heterocycles. The molecule has 0 amide bonds. The molecule has 11 unspecified atom stereocenters. The molecule has 284 valence electrons. The molecule has 4 N–H and O–H groups in total. The number of rotatable bonds is 3. The van der Waals surface area contributed by atoms with Crippen molar-refractivity contribution in [1.29, 1.82) is 0 Å². The van der Waals surface area contributed by atoms with Gasteiger partial charge < -0.3 is 47.2 Å². The minimum absolute atomic E-state index is 0.0394. The van der Waals surface area contributed by atoms with E-state index in [1.165, 1.54) is 13.8 Å². The van der Waals surface area contributed by atoms with Crippen LogP contribution in [0, 0.1) is 10.8 Å². The molecule has 4 heterocycles. The van der Waals surface area contributed by atoms with Crippen molar-refractivity contribution in [2.75, 3.05) is 0 Å². The van der Waals surface area contributed by atoms with Crippen molar-refractivity contribution >= 4 is 34.9 Å². The van der Waals surface area contributed by atoms with E-state index in [0.717, 1.165) is 11.1 Å². The number of fused-ring (bicyclic) bond motifs is 6. The van der Waals surface area contributed by atoms with E-state index in [4.69, 9.17) is 26.8 Å². The molecule has 0 radical (unpaired) electrons. The summed E-state index contributed by atoms with van der Waals surface area (Å²) in [6.07, 6.45) is 1.86. The van der Waals surface area contributed by atoms with E-state index in [9.17, 15) is 30.0 Å². The Morgan fingerprint density at radius 1 is 1.00 bits per heavy atom. The van der Waals surface area contributed by atoms with Crippen LogP contribution in [-0.4, -0.2) is 98.9 Å². The number of carbonyl (C=O) groups excluding carboxylic acids is 2. The molecule has 0 aromatic carbocycles. The molecule has 0 aliphatic carbocycles. The average molecular weight is 821 g/mol. The molecule has 50 heavy (non-hydrogen) atoms. The molecule has 4 rings (SSSR count). The highest BCUT2D eigenvalue weighted by Crippen LogP contribution is 2.50. The van der Waals surface area contributed by atoms with Crippen molar-refractivity contribution in [2.45, 2.75) is 173 Å². The summed E-state index contributed by atoms with van der Waals surface area (Å²) in [5.74, 6) is -4.95. The molecular weight excluding hydrogens is 763 g/mol. The molecule has 0 aromatic heterocycles. The Kier molecular flexibility index (Phi) is 13.5. The summed E-state index contributed by atoms with van der Waals surface area (Å²) < 4.78 is 36.7. The van der Waals surface area contributed by atoms with Gasteiger partial charge in [-0.1, -0.05) is 57.6 Å². The average Bonchev–Trinajstić information content (AvgIpc) is 3.01. The maximum atomic E-state index is 13.2. The summed E-state index contributed by atoms with van der Waals surface area (Å²) in [5.41, 5.74) is -0.188. The third-order valence-corrected chi connectivity index (χ3v) is 11.6. The Hall–Kier alpha value is -1.43. The van der Waals surface area contributed by atoms with Gasteiger partial charge in [0.25, 0.3) is 0 Å². The third kappa shape index (κ3) is 9.02. The Morgan fingerprint density at radius 3 is 2.30 bits per heavy atom. The first-order valence-electron chi connectivity index (χ1n) is 17.7. The summed E-state index contributed by atoms with van der Waals surface area (Å²) in [4.78, 5) is 25.3. The van der Waals surface area contributed by atoms with E-state index in [-0.39, 0.29) is 25.7 Å². The molecule has 4 aliphatic rings. The van der Waals surface area contributed by atoms with Gasteiger partial charge in [0.1, 0.15) is 41.3 Å². The van der Waals surface area contributed by atoms with Gasteiger partial charge in [-0.3, -0.25) is 9.59 Å². The lowest BCUT2D eigenvalue weighted by Gasteiger charge is -2.53. The van der Waals surface area contributed by atoms with E-state index in [1.807, 2.05) is 52.0 Å². The largest absolute Gasteiger partial charge is 0.462 e. The number of aliphatic hydroxyl groups excluding tert-OH is 2. The topological polar surface area (TPSA) is 170 Å². The van der Waals surface area contributed by atoms with Crippen LogP contribution in [0.2, 0.25) is 0 Å². The molecule has 3 fully saturated rings.